The van der Waals surface area contributed by atoms with Crippen molar-refractivity contribution in [2.75, 3.05) is 11.9 Å². The molecular weight excluding hydrogens is 230 g/mol. The van der Waals surface area contributed by atoms with Crippen LogP contribution in [0, 0.1) is 0 Å². The van der Waals surface area contributed by atoms with Crippen LogP contribution in [-0.4, -0.2) is 22.1 Å². The van der Waals surface area contributed by atoms with Crippen molar-refractivity contribution < 1.29 is 9.53 Å². The third-order valence-corrected chi connectivity index (χ3v) is 2.88. The third kappa shape index (κ3) is 1.64. The summed E-state index contributed by atoms with van der Waals surface area (Å²) in [4.78, 5) is 15.9. The fraction of sp³-hybridized carbons (Fsp3) is 0.231. The van der Waals surface area contributed by atoms with E-state index in [1.54, 1.807) is 13.1 Å². The van der Waals surface area contributed by atoms with Crippen LogP contribution in [0.2, 0.25) is 0 Å². The minimum absolute atomic E-state index is 0.330. The lowest BCUT2D eigenvalue weighted by Crippen LogP contribution is -2.14. The number of carbonyl (C=O) groups excluding carboxylic acids is 1. The number of esters is 1. The van der Waals surface area contributed by atoms with Gasteiger partial charge in [-0.05, 0) is 18.6 Å². The molecule has 1 aliphatic rings. The molecule has 0 radical (unpaired) electrons. The van der Waals surface area contributed by atoms with E-state index in [1.807, 2.05) is 22.8 Å². The van der Waals surface area contributed by atoms with Crippen LogP contribution in [-0.2, 0) is 11.3 Å². The van der Waals surface area contributed by atoms with Crippen molar-refractivity contribution in [1.82, 2.24) is 9.55 Å². The van der Waals surface area contributed by atoms with Gasteiger partial charge in [-0.25, -0.2) is 9.78 Å². The number of hydrogen-bond donors (Lipinski definition) is 1. The molecule has 0 aliphatic carbocycles. The van der Waals surface area contributed by atoms with E-state index < -0.39 is 5.97 Å². The minimum atomic E-state index is -0.390. The van der Waals surface area contributed by atoms with Gasteiger partial charge >= 0.3 is 5.97 Å². The molecule has 92 valence electrons. The van der Waals surface area contributed by atoms with Gasteiger partial charge in [0.15, 0.2) is 5.69 Å². The van der Waals surface area contributed by atoms with E-state index in [9.17, 15) is 4.79 Å². The maximum atomic E-state index is 11.6. The summed E-state index contributed by atoms with van der Waals surface area (Å²) in [5.41, 5.74) is 2.56. The van der Waals surface area contributed by atoms with Gasteiger partial charge in [-0.1, -0.05) is 18.2 Å². The van der Waals surface area contributed by atoms with E-state index in [4.69, 9.17) is 4.74 Å². The van der Waals surface area contributed by atoms with E-state index in [2.05, 4.69) is 16.4 Å². The van der Waals surface area contributed by atoms with E-state index in [-0.39, 0.29) is 0 Å². The van der Waals surface area contributed by atoms with Gasteiger partial charge in [-0.3, -0.25) is 4.57 Å². The van der Waals surface area contributed by atoms with Crippen molar-refractivity contribution >= 4 is 11.9 Å². The highest BCUT2D eigenvalue weighted by molar-refractivity contribution is 5.88. The number of ether oxygens (including phenoxy) is 1. The summed E-state index contributed by atoms with van der Waals surface area (Å²) in [5, 5.41) is 3.18. The van der Waals surface area contributed by atoms with Crippen molar-refractivity contribution in [1.29, 1.82) is 0 Å². The number of carbonyl (C=O) groups is 1. The molecule has 18 heavy (non-hydrogen) atoms. The van der Waals surface area contributed by atoms with E-state index >= 15 is 0 Å². The molecule has 5 nitrogen and oxygen atoms in total. The number of nitrogens with one attached hydrogen (secondary N) is 1. The van der Waals surface area contributed by atoms with Crippen LogP contribution in [0.5, 0.6) is 0 Å². The van der Waals surface area contributed by atoms with Crippen LogP contribution < -0.4 is 5.32 Å². The van der Waals surface area contributed by atoms with Crippen LogP contribution in [0.1, 0.15) is 23.0 Å². The largest absolute Gasteiger partial charge is 0.461 e. The number of imidazole rings is 1. The van der Waals surface area contributed by atoms with E-state index in [0.717, 1.165) is 12.2 Å². The number of anilines is 1. The maximum absolute atomic E-state index is 11.6. The van der Waals surface area contributed by atoms with Crippen molar-refractivity contribution in [3.8, 4) is 5.69 Å². The fourth-order valence-electron chi connectivity index (χ4n) is 2.06. The summed E-state index contributed by atoms with van der Waals surface area (Å²) in [6, 6.07) is 8.03. The van der Waals surface area contributed by atoms with Crippen molar-refractivity contribution in [3.63, 3.8) is 0 Å². The minimum Gasteiger partial charge on any atom is -0.461 e. The topological polar surface area (TPSA) is 56.2 Å². The predicted molar refractivity (Wildman–Crippen MR) is 66.8 cm³/mol. The molecule has 1 aliphatic heterocycles. The highest BCUT2D eigenvalue weighted by Gasteiger charge is 2.20. The summed E-state index contributed by atoms with van der Waals surface area (Å²) in [5.74, 6) is 0.287. The maximum Gasteiger partial charge on any atom is 0.358 e. The molecular formula is C13H13N3O2. The van der Waals surface area contributed by atoms with Crippen LogP contribution in [0.3, 0.4) is 0 Å². The Balaban J connectivity index is 2.04. The van der Waals surface area contributed by atoms with Gasteiger partial charge in [0.05, 0.1) is 12.3 Å². The summed E-state index contributed by atoms with van der Waals surface area (Å²) in [6.07, 6.45) is 1.71. The number of rotatable bonds is 2. The second kappa shape index (κ2) is 4.18. The van der Waals surface area contributed by atoms with E-state index in [0.29, 0.717) is 18.2 Å². The third-order valence-electron chi connectivity index (χ3n) is 2.88. The number of hydrogen-bond acceptors (Lipinski definition) is 4. The molecule has 0 fully saturated rings. The molecule has 1 aromatic heterocycles. The molecule has 1 aromatic carbocycles. The number of aromatic nitrogens is 2. The monoisotopic (exact) mass is 243 g/mol. The Bertz CT molecular complexity index is 604. The molecule has 2 aromatic rings. The smallest absolute Gasteiger partial charge is 0.358 e. The van der Waals surface area contributed by atoms with Crippen LogP contribution in [0.15, 0.2) is 30.5 Å². The molecule has 0 bridgehead atoms. The van der Waals surface area contributed by atoms with Crippen molar-refractivity contribution in [2.24, 2.45) is 0 Å². The highest BCUT2D eigenvalue weighted by atomic mass is 16.5. The Labute approximate surface area is 104 Å². The van der Waals surface area contributed by atoms with Gasteiger partial charge in [0, 0.05) is 12.7 Å². The molecule has 0 atom stereocenters. The van der Waals surface area contributed by atoms with Gasteiger partial charge in [0.25, 0.3) is 0 Å². The van der Waals surface area contributed by atoms with Crippen LogP contribution in [0.4, 0.5) is 5.95 Å². The molecule has 0 spiro atoms. The average molecular weight is 243 g/mol. The van der Waals surface area contributed by atoms with Crippen LogP contribution in [0.25, 0.3) is 5.69 Å². The summed E-state index contributed by atoms with van der Waals surface area (Å²) in [6.45, 7) is 2.85. The zero-order valence-corrected chi connectivity index (χ0v) is 10.0. The lowest BCUT2D eigenvalue weighted by Gasteiger charge is -2.19. The number of fused-ring (bicyclic) bond motifs is 3. The lowest BCUT2D eigenvalue weighted by molar-refractivity contribution is 0.0520. The molecule has 0 saturated carbocycles. The predicted octanol–water partition coefficient (Wildman–Crippen LogP) is 1.97. The molecule has 2 heterocycles. The fourth-order valence-corrected chi connectivity index (χ4v) is 2.06. The molecule has 3 rings (SSSR count). The zero-order chi connectivity index (χ0) is 12.5. The summed E-state index contributed by atoms with van der Waals surface area (Å²) >= 11 is 0. The first kappa shape index (κ1) is 10.8. The highest BCUT2D eigenvalue weighted by Crippen LogP contribution is 2.25. The Morgan fingerprint density at radius 2 is 2.33 bits per heavy atom. The Hall–Kier alpha value is -2.30. The Kier molecular flexibility index (Phi) is 2.51. The van der Waals surface area contributed by atoms with Gasteiger partial charge in [0.1, 0.15) is 0 Å². The molecule has 0 amide bonds. The molecule has 1 N–H and O–H groups in total. The van der Waals surface area contributed by atoms with Crippen LogP contribution >= 0.6 is 0 Å². The first-order chi connectivity index (χ1) is 8.79. The quantitative estimate of drug-likeness (QED) is 0.819. The number of para-hydroxylation sites is 1. The normalized spacial score (nSPS) is 12.3. The second-order valence-corrected chi connectivity index (χ2v) is 4.02. The SMILES string of the molecule is CCOC(=O)c1cn2c(n1)NCc1ccccc1-2. The standard InChI is InChI=1S/C13H13N3O2/c1-2-18-12(17)10-8-16-11-6-4-3-5-9(11)7-14-13(16)15-10/h3-6,8H,2,7H2,1H3,(H,14,15). The number of nitrogens with zero attached hydrogens (tertiary/aromatic N) is 2. The van der Waals surface area contributed by atoms with E-state index in [1.165, 1.54) is 5.56 Å². The second-order valence-electron chi connectivity index (χ2n) is 4.02. The molecule has 5 heteroatoms. The summed E-state index contributed by atoms with van der Waals surface area (Å²) in [7, 11) is 0. The van der Waals surface area contributed by atoms with Gasteiger partial charge in [0.2, 0.25) is 5.95 Å². The molecule has 0 saturated heterocycles. The Morgan fingerprint density at radius 1 is 1.50 bits per heavy atom. The van der Waals surface area contributed by atoms with Crippen molar-refractivity contribution in [3.05, 3.63) is 41.7 Å². The Morgan fingerprint density at radius 3 is 3.17 bits per heavy atom. The summed E-state index contributed by atoms with van der Waals surface area (Å²) < 4.78 is 6.83. The van der Waals surface area contributed by atoms with Crippen molar-refractivity contribution in [2.45, 2.75) is 13.5 Å². The number of benzene rings is 1. The average Bonchev–Trinajstić information content (AvgIpc) is 2.83. The first-order valence-corrected chi connectivity index (χ1v) is 5.88. The lowest BCUT2D eigenvalue weighted by atomic mass is 10.1. The van der Waals surface area contributed by atoms with Gasteiger partial charge in [-0.2, -0.15) is 0 Å². The molecule has 0 unspecified atom stereocenters. The first-order valence-electron chi connectivity index (χ1n) is 5.88. The van der Waals surface area contributed by atoms with Gasteiger partial charge < -0.3 is 10.1 Å². The zero-order valence-electron chi connectivity index (χ0n) is 10.0. The van der Waals surface area contributed by atoms with Gasteiger partial charge in [-0.15, -0.1) is 0 Å².